The first-order valence-electron chi connectivity index (χ1n) is 12.7. The van der Waals surface area contributed by atoms with Crippen LogP contribution in [0.2, 0.25) is 0 Å². The van der Waals surface area contributed by atoms with Gasteiger partial charge in [-0.3, -0.25) is 0 Å². The molecule has 0 atom stereocenters. The third-order valence-electron chi connectivity index (χ3n) is 6.10. The van der Waals surface area contributed by atoms with E-state index < -0.39 is 30.5 Å². The summed E-state index contributed by atoms with van der Waals surface area (Å²) >= 11 is 0. The van der Waals surface area contributed by atoms with E-state index in [2.05, 4.69) is 0 Å². The van der Waals surface area contributed by atoms with E-state index in [1.165, 1.54) is 18.2 Å². The van der Waals surface area contributed by atoms with Gasteiger partial charge in [0.15, 0.2) is 0 Å². The van der Waals surface area contributed by atoms with Gasteiger partial charge < -0.3 is 20.9 Å². The highest BCUT2D eigenvalue weighted by Crippen LogP contribution is 2.39. The molecule has 11 heteroatoms. The molecule has 0 heterocycles. The van der Waals surface area contributed by atoms with Crippen LogP contribution in [0.25, 0.3) is 6.08 Å². The smallest absolute Gasteiger partial charge is 0.453 e. The summed E-state index contributed by atoms with van der Waals surface area (Å²) in [6, 6.07) is 17.7. The minimum Gasteiger partial charge on any atom is -0.462 e. The van der Waals surface area contributed by atoms with Gasteiger partial charge in [0.25, 0.3) is 0 Å². The van der Waals surface area contributed by atoms with Crippen LogP contribution in [0.3, 0.4) is 0 Å². The maximum atomic E-state index is 13.0. The molecule has 0 aliphatic carbocycles. The van der Waals surface area contributed by atoms with Crippen molar-refractivity contribution in [1.82, 2.24) is 0 Å². The summed E-state index contributed by atoms with van der Waals surface area (Å²) in [6.45, 7) is 0.147. The summed E-state index contributed by atoms with van der Waals surface area (Å²) in [5, 5.41) is 0. The first-order valence-corrected chi connectivity index (χ1v) is 12.7. The Bertz CT molecular complexity index is 1350. The fourth-order valence-electron chi connectivity index (χ4n) is 3.75. The van der Waals surface area contributed by atoms with Crippen molar-refractivity contribution in [2.24, 2.45) is 0 Å². The lowest BCUT2D eigenvalue weighted by Crippen LogP contribution is -2.36. The molecule has 6 nitrogen and oxygen atoms in total. The van der Waals surface area contributed by atoms with Crippen molar-refractivity contribution in [3.8, 4) is 5.75 Å². The first kappa shape index (κ1) is 31.1. The molecule has 0 amide bonds. The second-order valence-corrected chi connectivity index (χ2v) is 9.27. The van der Waals surface area contributed by atoms with Crippen LogP contribution in [0, 0.1) is 0 Å². The quantitative estimate of drug-likeness (QED) is 0.0615. The molecule has 4 N–H and O–H groups in total. The molecule has 0 bridgehead atoms. The maximum Gasteiger partial charge on any atom is 0.453 e. The molecule has 218 valence electrons. The second-order valence-electron chi connectivity index (χ2n) is 9.27. The van der Waals surface area contributed by atoms with E-state index in [0.717, 1.165) is 5.56 Å². The Labute approximate surface area is 233 Å². The number of carbonyl (C=O) groups is 2. The van der Waals surface area contributed by atoms with E-state index in [-0.39, 0.29) is 30.8 Å². The van der Waals surface area contributed by atoms with Crippen LogP contribution in [0.1, 0.15) is 46.3 Å². The Morgan fingerprint density at radius 1 is 0.829 bits per heavy atom. The van der Waals surface area contributed by atoms with Crippen molar-refractivity contribution in [1.29, 1.82) is 0 Å². The first-order chi connectivity index (χ1) is 19.3. The number of hydrogen-bond acceptors (Lipinski definition) is 6. The number of ether oxygens (including phenoxy) is 2. The van der Waals surface area contributed by atoms with E-state index in [1.807, 2.05) is 0 Å². The summed E-state index contributed by atoms with van der Waals surface area (Å²) in [7, 11) is 0. The van der Waals surface area contributed by atoms with Gasteiger partial charge in [-0.25, -0.2) is 9.59 Å². The Morgan fingerprint density at radius 2 is 1.51 bits per heavy atom. The van der Waals surface area contributed by atoms with Gasteiger partial charge in [0.05, 0.1) is 12.2 Å². The lowest BCUT2D eigenvalue weighted by atomic mass is 10.0. The van der Waals surface area contributed by atoms with Crippen LogP contribution in [0.15, 0.2) is 72.8 Å². The van der Waals surface area contributed by atoms with Gasteiger partial charge in [-0.1, -0.05) is 30.3 Å². The predicted molar refractivity (Wildman–Crippen MR) is 145 cm³/mol. The van der Waals surface area contributed by atoms with Crippen LogP contribution >= 0.6 is 0 Å². The number of anilines is 2. The monoisotopic (exact) mass is 576 g/mol. The minimum atomic E-state index is -5.55. The van der Waals surface area contributed by atoms with Crippen LogP contribution in [-0.4, -0.2) is 30.6 Å². The molecule has 0 fully saturated rings. The number of carbonyl (C=O) groups excluding carboxylic acids is 2. The average Bonchev–Trinajstić information content (AvgIpc) is 2.91. The van der Waals surface area contributed by atoms with Gasteiger partial charge in [-0.2, -0.15) is 22.0 Å². The maximum absolute atomic E-state index is 13.0. The predicted octanol–water partition coefficient (Wildman–Crippen LogP) is 6.78. The van der Waals surface area contributed by atoms with Crippen molar-refractivity contribution in [3.63, 3.8) is 0 Å². The van der Waals surface area contributed by atoms with E-state index in [9.17, 15) is 31.5 Å². The minimum absolute atomic E-state index is 0.146. The zero-order chi connectivity index (χ0) is 30.0. The normalized spacial score (nSPS) is 11.9. The summed E-state index contributed by atoms with van der Waals surface area (Å²) in [6.07, 6.45) is -3.39. The van der Waals surface area contributed by atoms with Crippen molar-refractivity contribution < 1.29 is 41.0 Å². The number of esters is 2. The molecule has 0 aromatic heterocycles. The number of aryl methyl sites for hydroxylation is 1. The van der Waals surface area contributed by atoms with Crippen LogP contribution < -0.4 is 16.2 Å². The van der Waals surface area contributed by atoms with Crippen molar-refractivity contribution in [2.75, 3.05) is 18.1 Å². The zero-order valence-electron chi connectivity index (χ0n) is 21.9. The molecule has 3 aromatic rings. The lowest BCUT2D eigenvalue weighted by molar-refractivity contribution is -0.284. The number of nitrogens with two attached hydrogens (primary N) is 2. The second kappa shape index (κ2) is 13.8. The van der Waals surface area contributed by atoms with Crippen molar-refractivity contribution in [3.05, 3.63) is 95.1 Å². The summed E-state index contributed by atoms with van der Waals surface area (Å²) in [5.74, 6) is -5.59. The van der Waals surface area contributed by atoms with Gasteiger partial charge in [0.2, 0.25) is 0 Å². The largest absolute Gasteiger partial charge is 0.462 e. The number of alkyl halides is 5. The highest BCUT2D eigenvalue weighted by Gasteiger charge is 2.56. The Kier molecular flexibility index (Phi) is 10.5. The number of halogens is 5. The molecule has 0 saturated carbocycles. The fraction of sp³-hybridized carbons (Fsp3) is 0.267. The number of rotatable bonds is 12. The van der Waals surface area contributed by atoms with E-state index in [0.29, 0.717) is 35.3 Å². The number of nitrogen functional groups attached to an aromatic ring is 2. The Morgan fingerprint density at radius 3 is 2.15 bits per heavy atom. The number of unbranched alkanes of at least 4 members (excludes halogenated alkanes) is 1. The van der Waals surface area contributed by atoms with Gasteiger partial charge in [0, 0.05) is 30.3 Å². The third kappa shape index (κ3) is 9.63. The molecule has 41 heavy (non-hydrogen) atoms. The average molecular weight is 577 g/mol. The molecule has 3 rings (SSSR count). The van der Waals surface area contributed by atoms with Crippen molar-refractivity contribution >= 4 is 29.4 Å². The van der Waals surface area contributed by atoms with E-state index >= 15 is 0 Å². The molecule has 0 aliphatic heterocycles. The van der Waals surface area contributed by atoms with E-state index in [1.54, 1.807) is 60.7 Å². The molecule has 0 saturated heterocycles. The number of hydrogen-bond donors (Lipinski definition) is 2. The SMILES string of the molecule is Nc1ccc(CCOC(=O)C=Cc2ccc(OC(=O)c3ccc(CCCCC(F)(F)C(F)(F)F)cc3)cc2)c(N)c1. The molecular weight excluding hydrogens is 547 g/mol. The van der Waals surface area contributed by atoms with Gasteiger partial charge >= 0.3 is 24.0 Å². The van der Waals surface area contributed by atoms with Crippen LogP contribution in [0.5, 0.6) is 5.75 Å². The molecule has 3 aromatic carbocycles. The van der Waals surface area contributed by atoms with Gasteiger partial charge in [0.1, 0.15) is 5.75 Å². The molecule has 0 unspecified atom stereocenters. The zero-order valence-corrected chi connectivity index (χ0v) is 21.9. The van der Waals surface area contributed by atoms with Crippen molar-refractivity contribution in [2.45, 2.75) is 44.2 Å². The summed E-state index contributed by atoms with van der Waals surface area (Å²) in [4.78, 5) is 24.4. The fourth-order valence-corrected chi connectivity index (χ4v) is 3.75. The Hall–Kier alpha value is -4.41. The molecule has 0 aliphatic rings. The van der Waals surface area contributed by atoms with E-state index in [4.69, 9.17) is 20.9 Å². The standard InChI is InChI=1S/C30H29F5N2O4/c31-29(32,30(33,34)35)17-2-1-3-20-4-9-23(10-5-20)28(39)41-25-13-6-21(7-14-25)8-15-27(38)40-18-16-22-11-12-24(36)19-26(22)37/h4-15,19H,1-3,16-18,36-37H2. The van der Waals surface area contributed by atoms with Gasteiger partial charge in [-0.05, 0) is 78.4 Å². The molecule has 0 radical (unpaired) electrons. The lowest BCUT2D eigenvalue weighted by Gasteiger charge is -2.19. The number of benzene rings is 3. The third-order valence-corrected chi connectivity index (χ3v) is 6.10. The summed E-state index contributed by atoms with van der Waals surface area (Å²) < 4.78 is 73.1. The summed E-state index contributed by atoms with van der Waals surface area (Å²) in [5.41, 5.74) is 15.1. The Balaban J connectivity index is 1.41. The van der Waals surface area contributed by atoms with Gasteiger partial charge in [-0.15, -0.1) is 0 Å². The highest BCUT2D eigenvalue weighted by molar-refractivity contribution is 5.91. The highest BCUT2D eigenvalue weighted by atomic mass is 19.4. The van der Waals surface area contributed by atoms with Crippen LogP contribution in [-0.2, 0) is 22.4 Å². The topological polar surface area (TPSA) is 105 Å². The molecular formula is C30H29F5N2O4. The molecule has 0 spiro atoms. The van der Waals surface area contributed by atoms with Crippen LogP contribution in [0.4, 0.5) is 33.3 Å².